The minimum Gasteiger partial charge on any atom is -0.279 e. The summed E-state index contributed by atoms with van der Waals surface area (Å²) in [4.78, 5) is 17.3. The maximum atomic E-state index is 12.9. The molecule has 0 atom stereocenters. The number of benzene rings is 2. The first-order valence-corrected chi connectivity index (χ1v) is 10.9. The molecule has 2 aromatic heterocycles. The van der Waals surface area contributed by atoms with E-state index in [-0.39, 0.29) is 9.77 Å². The summed E-state index contributed by atoms with van der Waals surface area (Å²) in [6.45, 7) is 1.75. The Morgan fingerprint density at radius 3 is 2.43 bits per heavy atom. The number of hydrogen-bond acceptors (Lipinski definition) is 5. The summed E-state index contributed by atoms with van der Waals surface area (Å²) in [6, 6.07) is 16.7. The van der Waals surface area contributed by atoms with Gasteiger partial charge in [0.15, 0.2) is 0 Å². The number of rotatable bonds is 4. The summed E-state index contributed by atoms with van der Waals surface area (Å²) in [5.41, 5.74) is 1.44. The van der Waals surface area contributed by atoms with Crippen molar-refractivity contribution in [1.82, 2.24) is 9.55 Å². The van der Waals surface area contributed by atoms with Gasteiger partial charge >= 0.3 is 0 Å². The fourth-order valence-electron chi connectivity index (χ4n) is 2.87. The summed E-state index contributed by atoms with van der Waals surface area (Å²) in [5, 5.41) is 0.521. The van der Waals surface area contributed by atoms with Gasteiger partial charge in [-0.2, -0.15) is 0 Å². The van der Waals surface area contributed by atoms with E-state index < -0.39 is 10.0 Å². The first kappa shape index (κ1) is 18.7. The predicted molar refractivity (Wildman–Crippen MR) is 112 cm³/mol. The Morgan fingerprint density at radius 2 is 1.75 bits per heavy atom. The lowest BCUT2D eigenvalue weighted by Gasteiger charge is -2.12. The highest BCUT2D eigenvalue weighted by atomic mass is 35.5. The van der Waals surface area contributed by atoms with Gasteiger partial charge in [0.25, 0.3) is 15.6 Å². The molecule has 0 amide bonds. The Kier molecular flexibility index (Phi) is 4.70. The summed E-state index contributed by atoms with van der Waals surface area (Å²) < 4.78 is 29.3. The largest absolute Gasteiger partial charge is 0.279 e. The van der Waals surface area contributed by atoms with Gasteiger partial charge < -0.3 is 0 Å². The molecule has 0 unspecified atom stereocenters. The molecule has 0 aliphatic carbocycles. The Balaban J connectivity index is 1.69. The number of thiophene rings is 1. The van der Waals surface area contributed by atoms with E-state index in [4.69, 9.17) is 11.6 Å². The first-order valence-electron chi connectivity index (χ1n) is 8.22. The lowest BCUT2D eigenvalue weighted by molar-refractivity contribution is 0.603. The average Bonchev–Trinajstić information content (AvgIpc) is 3.10. The Bertz CT molecular complexity index is 1340. The zero-order valence-corrected chi connectivity index (χ0v) is 17.0. The molecule has 28 heavy (non-hydrogen) atoms. The van der Waals surface area contributed by atoms with Crippen LogP contribution < -0.4 is 10.3 Å². The van der Waals surface area contributed by atoms with Crippen molar-refractivity contribution in [3.05, 3.63) is 81.2 Å². The van der Waals surface area contributed by atoms with Crippen LogP contribution in [0.4, 0.5) is 5.69 Å². The molecule has 0 spiro atoms. The van der Waals surface area contributed by atoms with E-state index in [1.807, 2.05) is 6.07 Å². The highest BCUT2D eigenvalue weighted by molar-refractivity contribution is 7.94. The Labute approximate surface area is 170 Å². The second kappa shape index (κ2) is 7.05. The van der Waals surface area contributed by atoms with Gasteiger partial charge in [-0.25, -0.2) is 13.4 Å². The molecule has 2 aromatic carbocycles. The van der Waals surface area contributed by atoms with Crippen LogP contribution in [0.15, 0.2) is 69.7 Å². The summed E-state index contributed by atoms with van der Waals surface area (Å²) in [5.74, 6) is 0.547. The van der Waals surface area contributed by atoms with Crippen LogP contribution in [0.3, 0.4) is 0 Å². The molecule has 6 nitrogen and oxygen atoms in total. The van der Waals surface area contributed by atoms with Crippen molar-refractivity contribution >= 4 is 49.6 Å². The smallest absolute Gasteiger partial charge is 0.271 e. The summed E-state index contributed by atoms with van der Waals surface area (Å²) in [7, 11) is -3.71. The van der Waals surface area contributed by atoms with Gasteiger partial charge in [0.2, 0.25) is 0 Å². The van der Waals surface area contributed by atoms with E-state index in [0.29, 0.717) is 32.4 Å². The minimum absolute atomic E-state index is 0.132. The van der Waals surface area contributed by atoms with Crippen LogP contribution in [0.1, 0.15) is 5.82 Å². The van der Waals surface area contributed by atoms with Gasteiger partial charge in [0.05, 0.1) is 20.9 Å². The van der Waals surface area contributed by atoms with Gasteiger partial charge in [-0.15, -0.1) is 11.3 Å². The van der Waals surface area contributed by atoms with Crippen LogP contribution in [0.25, 0.3) is 16.6 Å². The number of fused-ring (bicyclic) bond motifs is 1. The second-order valence-electron chi connectivity index (χ2n) is 6.03. The molecule has 4 rings (SSSR count). The average molecular weight is 432 g/mol. The van der Waals surface area contributed by atoms with Gasteiger partial charge in [-0.1, -0.05) is 23.7 Å². The van der Waals surface area contributed by atoms with E-state index in [0.717, 1.165) is 11.3 Å². The van der Waals surface area contributed by atoms with Crippen molar-refractivity contribution < 1.29 is 8.42 Å². The molecule has 0 radical (unpaired) electrons. The highest BCUT2D eigenvalue weighted by Gasteiger charge is 2.17. The van der Waals surface area contributed by atoms with Gasteiger partial charge in [0.1, 0.15) is 10.0 Å². The zero-order chi connectivity index (χ0) is 19.9. The van der Waals surface area contributed by atoms with Crippen molar-refractivity contribution in [3.8, 4) is 5.69 Å². The van der Waals surface area contributed by atoms with Crippen LogP contribution in [0.2, 0.25) is 4.34 Å². The zero-order valence-electron chi connectivity index (χ0n) is 14.6. The monoisotopic (exact) mass is 431 g/mol. The number of aromatic nitrogens is 2. The van der Waals surface area contributed by atoms with Crippen LogP contribution in [-0.2, 0) is 10.0 Å². The molecule has 2 heterocycles. The predicted octanol–water partition coefficient (Wildman–Crippen LogP) is 4.21. The minimum atomic E-state index is -3.71. The quantitative estimate of drug-likeness (QED) is 0.524. The van der Waals surface area contributed by atoms with Crippen molar-refractivity contribution in [2.45, 2.75) is 11.1 Å². The molecular formula is C19H14ClN3O3S2. The van der Waals surface area contributed by atoms with Gasteiger partial charge in [0, 0.05) is 5.69 Å². The number of halogens is 1. The molecule has 142 valence electrons. The van der Waals surface area contributed by atoms with Crippen LogP contribution in [0.5, 0.6) is 0 Å². The normalized spacial score (nSPS) is 11.6. The molecular weight excluding hydrogens is 418 g/mol. The maximum absolute atomic E-state index is 12.9. The number of hydrogen-bond donors (Lipinski definition) is 1. The maximum Gasteiger partial charge on any atom is 0.271 e. The number of anilines is 1. The van der Waals surface area contributed by atoms with Crippen molar-refractivity contribution in [1.29, 1.82) is 0 Å². The lowest BCUT2D eigenvalue weighted by atomic mass is 10.2. The van der Waals surface area contributed by atoms with Crippen LogP contribution in [-0.4, -0.2) is 18.0 Å². The van der Waals surface area contributed by atoms with Crippen molar-refractivity contribution in [2.75, 3.05) is 4.72 Å². The van der Waals surface area contributed by atoms with Crippen LogP contribution >= 0.6 is 22.9 Å². The fraction of sp³-hybridized carbons (Fsp3) is 0.0526. The number of para-hydroxylation sites is 1. The van der Waals surface area contributed by atoms with Gasteiger partial charge in [-0.05, 0) is 55.5 Å². The number of aryl methyl sites for hydroxylation is 1. The lowest BCUT2D eigenvalue weighted by Crippen LogP contribution is -2.22. The summed E-state index contributed by atoms with van der Waals surface area (Å²) >= 11 is 6.80. The van der Waals surface area contributed by atoms with E-state index >= 15 is 0 Å². The number of nitrogens with zero attached hydrogens (tertiary/aromatic N) is 2. The Morgan fingerprint density at radius 1 is 1.04 bits per heavy atom. The number of nitrogens with one attached hydrogen (secondary N) is 1. The summed E-state index contributed by atoms with van der Waals surface area (Å²) in [6.07, 6.45) is 0. The standard InChI is InChI=1S/C19H14ClN3O3S2/c1-12-21-16-5-3-2-4-15(16)19(24)23(12)14-8-6-13(7-9-14)22-28(25,26)18-11-10-17(20)27-18/h2-11,22H,1H3. The third-order valence-corrected chi connectivity index (χ3v) is 7.24. The second-order valence-corrected chi connectivity index (χ2v) is 9.65. The molecule has 0 bridgehead atoms. The molecule has 9 heteroatoms. The van der Waals surface area contributed by atoms with E-state index in [1.165, 1.54) is 16.7 Å². The SMILES string of the molecule is Cc1nc2ccccc2c(=O)n1-c1ccc(NS(=O)(=O)c2ccc(Cl)s2)cc1. The molecule has 0 saturated carbocycles. The third-order valence-electron chi connectivity index (χ3n) is 4.13. The molecule has 0 aliphatic heterocycles. The third kappa shape index (κ3) is 3.42. The fourth-order valence-corrected chi connectivity index (χ4v) is 5.42. The molecule has 4 aromatic rings. The van der Waals surface area contributed by atoms with Crippen molar-refractivity contribution in [3.63, 3.8) is 0 Å². The van der Waals surface area contributed by atoms with E-state index in [1.54, 1.807) is 49.4 Å². The highest BCUT2D eigenvalue weighted by Crippen LogP contribution is 2.27. The van der Waals surface area contributed by atoms with Gasteiger partial charge in [-0.3, -0.25) is 14.1 Å². The van der Waals surface area contributed by atoms with E-state index in [9.17, 15) is 13.2 Å². The van der Waals surface area contributed by atoms with Crippen molar-refractivity contribution in [2.24, 2.45) is 0 Å². The topological polar surface area (TPSA) is 81.1 Å². The number of sulfonamides is 1. The first-order chi connectivity index (χ1) is 13.3. The van der Waals surface area contributed by atoms with E-state index in [2.05, 4.69) is 9.71 Å². The molecule has 0 saturated heterocycles. The van der Waals surface area contributed by atoms with Crippen LogP contribution in [0, 0.1) is 6.92 Å². The molecule has 0 aliphatic rings. The molecule has 1 N–H and O–H groups in total. The molecule has 0 fully saturated rings. The Hall–Kier alpha value is -2.68.